The van der Waals surface area contributed by atoms with Crippen LogP contribution in [0.1, 0.15) is 45.1 Å². The topological polar surface area (TPSA) is 69.7 Å². The van der Waals surface area contributed by atoms with Crippen molar-refractivity contribution in [1.29, 1.82) is 0 Å². The highest BCUT2D eigenvalue weighted by atomic mass is 32.2. The van der Waals surface area contributed by atoms with Gasteiger partial charge in [-0.1, -0.05) is 32.0 Å². The van der Waals surface area contributed by atoms with Gasteiger partial charge in [-0.05, 0) is 50.1 Å². The third-order valence-electron chi connectivity index (χ3n) is 6.41. The lowest BCUT2D eigenvalue weighted by Gasteiger charge is -2.35. The summed E-state index contributed by atoms with van der Waals surface area (Å²) in [4.78, 5) is 15.0. The van der Waals surface area contributed by atoms with Gasteiger partial charge < -0.3 is 10.2 Å². The highest BCUT2D eigenvalue weighted by Gasteiger charge is 2.31. The summed E-state index contributed by atoms with van der Waals surface area (Å²) in [5.74, 6) is 0.483. The van der Waals surface area contributed by atoms with Gasteiger partial charge in [-0.2, -0.15) is 0 Å². The van der Waals surface area contributed by atoms with Crippen molar-refractivity contribution in [3.8, 4) is 0 Å². The molecule has 1 aromatic carbocycles. The summed E-state index contributed by atoms with van der Waals surface area (Å²) in [6.45, 7) is 9.14. The van der Waals surface area contributed by atoms with E-state index in [0.717, 1.165) is 37.9 Å². The first-order valence-electron chi connectivity index (χ1n) is 11.5. The maximum Gasteiger partial charge on any atom is 0.223 e. The van der Waals surface area contributed by atoms with Crippen molar-refractivity contribution in [3.63, 3.8) is 0 Å². The van der Waals surface area contributed by atoms with Crippen molar-refractivity contribution < 1.29 is 17.6 Å². The van der Waals surface area contributed by atoms with Gasteiger partial charge in [-0.25, -0.2) is 17.1 Å². The van der Waals surface area contributed by atoms with Crippen LogP contribution in [-0.4, -0.2) is 62.8 Å². The number of likely N-dealkylation sites (tertiary alicyclic amines) is 1. The van der Waals surface area contributed by atoms with E-state index in [1.54, 1.807) is 12.1 Å². The predicted octanol–water partition coefficient (Wildman–Crippen LogP) is 2.85. The Balaban J connectivity index is 1.38. The number of sulfonamides is 1. The second-order valence-electron chi connectivity index (χ2n) is 9.37. The summed E-state index contributed by atoms with van der Waals surface area (Å²) in [5, 5.41) is 3.03. The van der Waals surface area contributed by atoms with Crippen LogP contribution in [0.5, 0.6) is 0 Å². The quantitative estimate of drug-likeness (QED) is 0.615. The number of carbonyl (C=O) groups excluding carboxylic acids is 1. The Morgan fingerprint density at radius 1 is 1.13 bits per heavy atom. The van der Waals surface area contributed by atoms with Crippen molar-refractivity contribution in [3.05, 3.63) is 35.6 Å². The molecule has 1 aromatic rings. The van der Waals surface area contributed by atoms with E-state index in [2.05, 4.69) is 24.1 Å². The zero-order valence-corrected chi connectivity index (χ0v) is 19.5. The number of carbonyl (C=O) groups is 1. The first-order valence-corrected chi connectivity index (χ1v) is 13.1. The molecule has 0 aromatic heterocycles. The van der Waals surface area contributed by atoms with Gasteiger partial charge in [0.15, 0.2) is 0 Å². The second-order valence-corrected chi connectivity index (χ2v) is 11.3. The summed E-state index contributed by atoms with van der Waals surface area (Å²) < 4.78 is 40.5. The van der Waals surface area contributed by atoms with Crippen molar-refractivity contribution in [1.82, 2.24) is 14.5 Å². The molecule has 2 fully saturated rings. The predicted molar refractivity (Wildman–Crippen MR) is 120 cm³/mol. The summed E-state index contributed by atoms with van der Waals surface area (Å²) in [5.41, 5.74) is 0.180. The van der Waals surface area contributed by atoms with E-state index in [-0.39, 0.29) is 23.1 Å². The van der Waals surface area contributed by atoms with E-state index < -0.39 is 15.8 Å². The zero-order chi connectivity index (χ0) is 22.4. The van der Waals surface area contributed by atoms with Crippen LogP contribution in [-0.2, 0) is 20.6 Å². The Morgan fingerprint density at radius 2 is 1.77 bits per heavy atom. The molecule has 2 aliphatic rings. The number of nitrogens with one attached hydrogen (secondary N) is 1. The van der Waals surface area contributed by atoms with E-state index in [0.29, 0.717) is 32.5 Å². The summed E-state index contributed by atoms with van der Waals surface area (Å²) in [6, 6.07) is 5.95. The number of amides is 1. The smallest absolute Gasteiger partial charge is 0.223 e. The molecule has 0 radical (unpaired) electrons. The number of nitrogens with zero attached hydrogens (tertiary/aromatic N) is 2. The first-order chi connectivity index (χ1) is 14.7. The summed E-state index contributed by atoms with van der Waals surface area (Å²) >= 11 is 0. The van der Waals surface area contributed by atoms with Crippen LogP contribution in [0.4, 0.5) is 4.39 Å². The Kier molecular flexibility index (Phi) is 8.47. The molecule has 2 atom stereocenters. The van der Waals surface area contributed by atoms with Crippen LogP contribution in [0, 0.1) is 23.6 Å². The molecule has 2 saturated heterocycles. The molecule has 8 heteroatoms. The van der Waals surface area contributed by atoms with Gasteiger partial charge in [-0.15, -0.1) is 0 Å². The van der Waals surface area contributed by atoms with Crippen LogP contribution < -0.4 is 5.32 Å². The number of hydrogen-bond donors (Lipinski definition) is 1. The van der Waals surface area contributed by atoms with Crippen LogP contribution in [0.15, 0.2) is 24.3 Å². The fourth-order valence-electron chi connectivity index (χ4n) is 4.93. The second kappa shape index (κ2) is 10.9. The van der Waals surface area contributed by atoms with Crippen LogP contribution in [0.25, 0.3) is 0 Å². The Morgan fingerprint density at radius 3 is 2.42 bits per heavy atom. The SMILES string of the molecule is CC1CC(C)CN(CCCNC(=O)C2CCN(S(=O)(=O)Cc3ccccc3F)CC2)C1. The van der Waals surface area contributed by atoms with E-state index in [1.807, 2.05) is 0 Å². The van der Waals surface area contributed by atoms with Crippen molar-refractivity contribution >= 4 is 15.9 Å². The Labute approximate surface area is 186 Å². The van der Waals surface area contributed by atoms with Gasteiger partial charge in [0.05, 0.1) is 5.75 Å². The minimum Gasteiger partial charge on any atom is -0.356 e. The van der Waals surface area contributed by atoms with Crippen molar-refractivity contribution in [2.75, 3.05) is 39.3 Å². The molecular formula is C23H36FN3O3S. The molecule has 0 bridgehead atoms. The molecule has 174 valence electrons. The third-order valence-corrected chi connectivity index (χ3v) is 8.24. The number of hydrogen-bond acceptors (Lipinski definition) is 4. The van der Waals surface area contributed by atoms with E-state index in [9.17, 15) is 17.6 Å². The molecular weight excluding hydrogens is 417 g/mol. The molecule has 2 aliphatic heterocycles. The van der Waals surface area contributed by atoms with E-state index in [1.165, 1.54) is 22.9 Å². The minimum absolute atomic E-state index is 0.0199. The fourth-order valence-corrected chi connectivity index (χ4v) is 6.51. The van der Waals surface area contributed by atoms with Crippen LogP contribution in [0.2, 0.25) is 0 Å². The normalized spacial score (nSPS) is 24.2. The number of piperidine rings is 2. The number of halogens is 1. The van der Waals surface area contributed by atoms with Gasteiger partial charge in [0, 0.05) is 44.2 Å². The van der Waals surface area contributed by atoms with E-state index in [4.69, 9.17) is 0 Å². The van der Waals surface area contributed by atoms with Gasteiger partial charge in [-0.3, -0.25) is 4.79 Å². The largest absolute Gasteiger partial charge is 0.356 e. The standard InChI is InChI=1S/C23H36FN3O3S/c1-18-14-19(2)16-26(15-18)11-5-10-25-23(28)20-8-12-27(13-9-20)31(29,30)17-21-6-3-4-7-22(21)24/h3-4,6-7,18-20H,5,8-17H2,1-2H3,(H,25,28). The highest BCUT2D eigenvalue weighted by molar-refractivity contribution is 7.88. The molecule has 2 heterocycles. The lowest BCUT2D eigenvalue weighted by Crippen LogP contribution is -2.44. The Hall–Kier alpha value is -1.51. The zero-order valence-electron chi connectivity index (χ0n) is 18.7. The minimum atomic E-state index is -3.59. The molecule has 2 unspecified atom stereocenters. The molecule has 0 saturated carbocycles. The first kappa shape index (κ1) is 24.1. The molecule has 1 amide bonds. The van der Waals surface area contributed by atoms with Gasteiger partial charge in [0.25, 0.3) is 0 Å². The number of benzene rings is 1. The van der Waals surface area contributed by atoms with Crippen LogP contribution >= 0.6 is 0 Å². The Bertz CT molecular complexity index is 830. The molecule has 3 rings (SSSR count). The summed E-state index contributed by atoms with van der Waals surface area (Å²) in [7, 11) is -3.59. The fraction of sp³-hybridized carbons (Fsp3) is 0.696. The lowest BCUT2D eigenvalue weighted by atomic mass is 9.92. The van der Waals surface area contributed by atoms with Crippen LogP contribution in [0.3, 0.4) is 0 Å². The van der Waals surface area contributed by atoms with Gasteiger partial charge in [0.2, 0.25) is 15.9 Å². The average Bonchev–Trinajstić information content (AvgIpc) is 2.72. The molecule has 1 N–H and O–H groups in total. The lowest BCUT2D eigenvalue weighted by molar-refractivity contribution is -0.126. The highest BCUT2D eigenvalue weighted by Crippen LogP contribution is 2.23. The molecule has 6 nitrogen and oxygen atoms in total. The van der Waals surface area contributed by atoms with E-state index >= 15 is 0 Å². The van der Waals surface area contributed by atoms with Crippen molar-refractivity contribution in [2.45, 2.75) is 45.3 Å². The van der Waals surface area contributed by atoms with Gasteiger partial charge in [0.1, 0.15) is 5.82 Å². The maximum atomic E-state index is 13.8. The van der Waals surface area contributed by atoms with Gasteiger partial charge >= 0.3 is 0 Å². The molecule has 31 heavy (non-hydrogen) atoms. The number of rotatable bonds is 8. The maximum absolute atomic E-state index is 13.8. The third kappa shape index (κ3) is 6.99. The summed E-state index contributed by atoms with van der Waals surface area (Å²) in [6.07, 6.45) is 3.23. The molecule has 0 aliphatic carbocycles. The molecule has 0 spiro atoms. The monoisotopic (exact) mass is 453 g/mol. The average molecular weight is 454 g/mol. The van der Waals surface area contributed by atoms with Crippen molar-refractivity contribution in [2.24, 2.45) is 17.8 Å².